The summed E-state index contributed by atoms with van der Waals surface area (Å²) in [5.41, 5.74) is 5.31. The van der Waals surface area contributed by atoms with Gasteiger partial charge in [-0.05, 0) is 26.3 Å². The quantitative estimate of drug-likeness (QED) is 0.379. The molecule has 0 saturated carbocycles. The zero-order chi connectivity index (χ0) is 14.0. The van der Waals surface area contributed by atoms with Gasteiger partial charge in [-0.2, -0.15) is 0 Å². The summed E-state index contributed by atoms with van der Waals surface area (Å²) in [6.45, 7) is 1.89. The van der Waals surface area contributed by atoms with Crippen LogP contribution < -0.4 is 16.4 Å². The number of carbonyl (C=O) groups excluding carboxylic acids is 3. The molecule has 7 heteroatoms. The fourth-order valence-corrected chi connectivity index (χ4v) is 1.19. The topological polar surface area (TPSA) is 111 Å². The zero-order valence-electron chi connectivity index (χ0n) is 10.8. The van der Waals surface area contributed by atoms with Crippen molar-refractivity contribution in [2.45, 2.75) is 32.2 Å². The Bertz CT molecular complexity index is 294. The number of unbranched alkanes of at least 4 members (excludes halogenated alkanes) is 1. The molecule has 0 aromatic carbocycles. The minimum absolute atomic E-state index is 0.204. The summed E-state index contributed by atoms with van der Waals surface area (Å²) in [5.74, 6) is -1.17. The van der Waals surface area contributed by atoms with Gasteiger partial charge in [-0.1, -0.05) is 0 Å². The Labute approximate surface area is 106 Å². The van der Waals surface area contributed by atoms with E-state index in [0.29, 0.717) is 19.4 Å². The summed E-state index contributed by atoms with van der Waals surface area (Å²) in [4.78, 5) is 33.7. The number of esters is 1. The average molecular weight is 259 g/mol. The van der Waals surface area contributed by atoms with Crippen molar-refractivity contribution >= 4 is 17.8 Å². The van der Waals surface area contributed by atoms with E-state index < -0.39 is 17.9 Å². The predicted molar refractivity (Wildman–Crippen MR) is 65.5 cm³/mol. The molecule has 18 heavy (non-hydrogen) atoms. The van der Waals surface area contributed by atoms with Crippen molar-refractivity contribution in [2.24, 2.45) is 5.73 Å². The Morgan fingerprint density at radius 2 is 1.94 bits per heavy atom. The number of nitrogens with one attached hydrogen (secondary N) is 2. The van der Waals surface area contributed by atoms with Gasteiger partial charge in [-0.15, -0.1) is 0 Å². The van der Waals surface area contributed by atoms with Gasteiger partial charge in [0, 0.05) is 6.42 Å². The second-order valence-electron chi connectivity index (χ2n) is 3.83. The molecule has 104 valence electrons. The van der Waals surface area contributed by atoms with E-state index in [0.717, 1.165) is 6.42 Å². The molecule has 0 radical (unpaired) electrons. The lowest BCUT2D eigenvalue weighted by Gasteiger charge is -2.13. The number of amides is 2. The van der Waals surface area contributed by atoms with Gasteiger partial charge in [-0.25, -0.2) is 0 Å². The zero-order valence-corrected chi connectivity index (χ0v) is 10.8. The van der Waals surface area contributed by atoms with Gasteiger partial charge < -0.3 is 21.1 Å². The molecule has 0 saturated heterocycles. The van der Waals surface area contributed by atoms with Crippen LogP contribution in [0.4, 0.5) is 0 Å². The highest BCUT2D eigenvalue weighted by atomic mass is 16.5. The molecule has 0 aromatic rings. The first-order valence-electron chi connectivity index (χ1n) is 5.85. The average Bonchev–Trinajstić information content (AvgIpc) is 2.35. The van der Waals surface area contributed by atoms with E-state index in [1.807, 2.05) is 0 Å². The van der Waals surface area contributed by atoms with E-state index in [4.69, 9.17) is 5.73 Å². The second kappa shape index (κ2) is 9.41. The van der Waals surface area contributed by atoms with Crippen molar-refractivity contribution in [3.05, 3.63) is 0 Å². The van der Waals surface area contributed by atoms with Gasteiger partial charge in [-0.3, -0.25) is 14.4 Å². The van der Waals surface area contributed by atoms with Crippen LogP contribution in [0, 0.1) is 0 Å². The molecule has 0 aliphatic heterocycles. The first kappa shape index (κ1) is 16.4. The summed E-state index contributed by atoms with van der Waals surface area (Å²) in [6.07, 6.45) is 1.81. The standard InChI is InChI=1S/C11H21N3O4/c1-8(11(17)13-7-10(16)18-2)14-9(15)5-3-4-6-12/h8H,3-7,12H2,1-2H3,(H,13,17)(H,14,15)/t8-/m0/s1. The van der Waals surface area contributed by atoms with Crippen molar-refractivity contribution in [3.63, 3.8) is 0 Å². The summed E-state index contributed by atoms with van der Waals surface area (Å²) in [5, 5.41) is 4.89. The molecular formula is C11H21N3O4. The maximum Gasteiger partial charge on any atom is 0.325 e. The van der Waals surface area contributed by atoms with Crippen molar-refractivity contribution in [1.29, 1.82) is 0 Å². The molecule has 0 bridgehead atoms. The third-order valence-electron chi connectivity index (χ3n) is 2.26. The fourth-order valence-electron chi connectivity index (χ4n) is 1.19. The second-order valence-corrected chi connectivity index (χ2v) is 3.83. The van der Waals surface area contributed by atoms with Crippen LogP contribution in [0.15, 0.2) is 0 Å². The van der Waals surface area contributed by atoms with E-state index in [1.54, 1.807) is 6.92 Å². The molecule has 1 atom stereocenters. The third kappa shape index (κ3) is 7.61. The number of nitrogens with two attached hydrogens (primary N) is 1. The number of methoxy groups -OCH3 is 1. The van der Waals surface area contributed by atoms with Crippen LogP contribution in [0.2, 0.25) is 0 Å². The Hall–Kier alpha value is -1.63. The number of ether oxygens (including phenoxy) is 1. The molecule has 0 spiro atoms. The van der Waals surface area contributed by atoms with Crippen molar-refractivity contribution in [1.82, 2.24) is 10.6 Å². The largest absolute Gasteiger partial charge is 0.468 e. The lowest BCUT2D eigenvalue weighted by molar-refractivity contribution is -0.141. The first-order chi connectivity index (χ1) is 8.51. The van der Waals surface area contributed by atoms with Crippen LogP contribution in [-0.4, -0.2) is 44.0 Å². The molecule has 0 aromatic heterocycles. The SMILES string of the molecule is COC(=O)CNC(=O)[C@H](C)NC(=O)CCCCN. The molecule has 7 nitrogen and oxygen atoms in total. The smallest absolute Gasteiger partial charge is 0.325 e. The summed E-state index contributed by atoms with van der Waals surface area (Å²) in [7, 11) is 1.23. The van der Waals surface area contributed by atoms with Gasteiger partial charge in [0.2, 0.25) is 11.8 Å². The lowest BCUT2D eigenvalue weighted by Crippen LogP contribution is -2.46. The number of carbonyl (C=O) groups is 3. The van der Waals surface area contributed by atoms with Gasteiger partial charge in [0.15, 0.2) is 0 Å². The highest BCUT2D eigenvalue weighted by Gasteiger charge is 2.15. The van der Waals surface area contributed by atoms with E-state index in [1.165, 1.54) is 7.11 Å². The molecule has 0 heterocycles. The maximum absolute atomic E-state index is 11.5. The Balaban J connectivity index is 3.85. The number of rotatable bonds is 8. The Morgan fingerprint density at radius 3 is 2.50 bits per heavy atom. The van der Waals surface area contributed by atoms with Gasteiger partial charge in [0.05, 0.1) is 7.11 Å². The molecule has 0 aliphatic carbocycles. The van der Waals surface area contributed by atoms with Crippen molar-refractivity contribution in [3.8, 4) is 0 Å². The summed E-state index contributed by atoms with van der Waals surface area (Å²) < 4.78 is 4.37. The molecule has 4 N–H and O–H groups in total. The van der Waals surface area contributed by atoms with Crippen LogP contribution in [0.1, 0.15) is 26.2 Å². The third-order valence-corrected chi connectivity index (χ3v) is 2.26. The van der Waals surface area contributed by atoms with E-state index >= 15 is 0 Å². The first-order valence-corrected chi connectivity index (χ1v) is 5.85. The van der Waals surface area contributed by atoms with Gasteiger partial charge in [0.25, 0.3) is 0 Å². The number of hydrogen-bond acceptors (Lipinski definition) is 5. The van der Waals surface area contributed by atoms with Crippen molar-refractivity contribution in [2.75, 3.05) is 20.2 Å². The minimum atomic E-state index is -0.681. The minimum Gasteiger partial charge on any atom is -0.468 e. The molecular weight excluding hydrogens is 238 g/mol. The van der Waals surface area contributed by atoms with E-state index in [-0.39, 0.29) is 12.5 Å². The summed E-state index contributed by atoms with van der Waals surface area (Å²) in [6, 6.07) is -0.681. The maximum atomic E-state index is 11.5. The Morgan fingerprint density at radius 1 is 1.28 bits per heavy atom. The van der Waals surface area contributed by atoms with E-state index in [9.17, 15) is 14.4 Å². The van der Waals surface area contributed by atoms with Crippen LogP contribution in [0.25, 0.3) is 0 Å². The Kier molecular flexibility index (Phi) is 8.55. The van der Waals surface area contributed by atoms with E-state index in [2.05, 4.69) is 15.4 Å². The van der Waals surface area contributed by atoms with Gasteiger partial charge in [0.1, 0.15) is 12.6 Å². The molecule has 0 rings (SSSR count). The number of hydrogen-bond donors (Lipinski definition) is 3. The monoisotopic (exact) mass is 259 g/mol. The molecule has 2 amide bonds. The fraction of sp³-hybridized carbons (Fsp3) is 0.727. The van der Waals surface area contributed by atoms with Crippen LogP contribution in [0.5, 0.6) is 0 Å². The molecule has 0 unspecified atom stereocenters. The predicted octanol–water partition coefficient (Wildman–Crippen LogP) is -1.09. The molecule has 0 aliphatic rings. The summed E-state index contributed by atoms with van der Waals surface area (Å²) >= 11 is 0. The van der Waals surface area contributed by atoms with Crippen LogP contribution in [-0.2, 0) is 19.1 Å². The highest BCUT2D eigenvalue weighted by molar-refractivity contribution is 5.89. The normalized spacial score (nSPS) is 11.5. The highest BCUT2D eigenvalue weighted by Crippen LogP contribution is 1.94. The van der Waals surface area contributed by atoms with Crippen LogP contribution in [0.3, 0.4) is 0 Å². The van der Waals surface area contributed by atoms with Gasteiger partial charge >= 0.3 is 5.97 Å². The van der Waals surface area contributed by atoms with Crippen LogP contribution >= 0.6 is 0 Å². The molecule has 0 fully saturated rings. The lowest BCUT2D eigenvalue weighted by atomic mass is 10.2. The van der Waals surface area contributed by atoms with Crippen molar-refractivity contribution < 1.29 is 19.1 Å².